The van der Waals surface area contributed by atoms with Crippen LogP contribution in [-0.4, -0.2) is 69.6 Å². The van der Waals surface area contributed by atoms with Crippen LogP contribution in [0.25, 0.3) is 20.7 Å². The topological polar surface area (TPSA) is 212 Å². The largest absolute Gasteiger partial charge is 0.503 e. The fraction of sp³-hybridized carbons (Fsp3) is 0.326. The number of halogens is 2. The van der Waals surface area contributed by atoms with Crippen LogP contribution in [0.15, 0.2) is 60.2 Å². The minimum atomic E-state index is -1.51. The third-order valence-electron chi connectivity index (χ3n) is 13.2. The lowest BCUT2D eigenvalue weighted by Gasteiger charge is -2.49. The molecular weight excluding hydrogens is 877 g/mol. The second kappa shape index (κ2) is 14.6. The molecule has 6 atom stereocenters. The van der Waals surface area contributed by atoms with Gasteiger partial charge in [-0.05, 0) is 79.5 Å². The van der Waals surface area contributed by atoms with Gasteiger partial charge in [-0.1, -0.05) is 34.9 Å². The minimum Gasteiger partial charge on any atom is -0.503 e. The Bertz CT molecular complexity index is 2930. The maximum absolute atomic E-state index is 15.3. The number of aryl methyl sites for hydroxylation is 2. The van der Waals surface area contributed by atoms with E-state index in [2.05, 4.69) is 0 Å². The number of anilines is 3. The van der Waals surface area contributed by atoms with Gasteiger partial charge in [-0.2, -0.15) is 5.10 Å². The molecule has 4 amide bonds. The first-order chi connectivity index (χ1) is 29.8. The molecule has 5 aromatic rings. The Morgan fingerprint density at radius 3 is 2.27 bits per heavy atom. The zero-order valence-electron chi connectivity index (χ0n) is 34.4. The van der Waals surface area contributed by atoms with E-state index in [1.807, 2.05) is 19.1 Å². The van der Waals surface area contributed by atoms with Crippen molar-refractivity contribution in [2.24, 2.45) is 36.1 Å². The lowest BCUT2D eigenvalue weighted by Crippen LogP contribution is -2.49. The number of fused-ring (bicyclic) bond motifs is 5. The highest BCUT2D eigenvalue weighted by Gasteiger charge is 2.68. The highest BCUT2D eigenvalue weighted by Crippen LogP contribution is 2.64. The number of nitro benzene ring substituents is 2. The summed E-state index contributed by atoms with van der Waals surface area (Å²) >= 11 is 14.4. The second-order valence-corrected chi connectivity index (χ2v) is 18.6. The van der Waals surface area contributed by atoms with E-state index in [4.69, 9.17) is 33.0 Å². The lowest BCUT2D eigenvalue weighted by molar-refractivity contribution is -0.392. The fourth-order valence-electron chi connectivity index (χ4n) is 10.5. The Hall–Kier alpha value is -6.37. The van der Waals surface area contributed by atoms with Gasteiger partial charge in [-0.25, -0.2) is 9.80 Å². The Morgan fingerprint density at radius 1 is 0.952 bits per heavy atom. The Labute approximate surface area is 372 Å². The first-order valence-electron chi connectivity index (χ1n) is 19.7. The summed E-state index contributed by atoms with van der Waals surface area (Å²) in [7, 11) is 5.78. The quantitative estimate of drug-likeness (QED) is 0.0680. The number of nitro groups is 2. The maximum Gasteiger partial charge on any atom is 0.301 e. The number of benzene rings is 3. The highest BCUT2D eigenvalue weighted by molar-refractivity contribution is 7.22. The number of nitrogens with zero attached hydrogens (tertiary/aromatic N) is 7. The number of phenolic OH excluding ortho intramolecular Hbond substituents is 1. The van der Waals surface area contributed by atoms with Crippen molar-refractivity contribution < 1.29 is 38.9 Å². The first-order valence-corrected chi connectivity index (χ1v) is 21.3. The summed E-state index contributed by atoms with van der Waals surface area (Å²) in [5.74, 6) is -7.66. The molecule has 2 aliphatic heterocycles. The zero-order valence-corrected chi connectivity index (χ0v) is 36.7. The molecule has 4 heterocycles. The van der Waals surface area contributed by atoms with Gasteiger partial charge in [0.15, 0.2) is 17.2 Å². The van der Waals surface area contributed by atoms with E-state index < -0.39 is 79.9 Å². The van der Waals surface area contributed by atoms with E-state index in [0.717, 1.165) is 42.5 Å². The molecule has 17 nitrogen and oxygen atoms in total. The molecule has 2 saturated heterocycles. The fourth-order valence-corrected chi connectivity index (χ4v) is 12.0. The van der Waals surface area contributed by atoms with Crippen molar-refractivity contribution >= 4 is 96.8 Å². The Morgan fingerprint density at radius 2 is 1.63 bits per heavy atom. The van der Waals surface area contributed by atoms with Gasteiger partial charge in [0.1, 0.15) is 11.5 Å². The Balaban J connectivity index is 1.17. The number of phenols is 1. The summed E-state index contributed by atoms with van der Waals surface area (Å²) < 4.78 is 7.92. The molecule has 1 saturated carbocycles. The predicted octanol–water partition coefficient (Wildman–Crippen LogP) is 7.95. The third-order valence-corrected chi connectivity index (χ3v) is 15.1. The summed E-state index contributed by atoms with van der Waals surface area (Å²) in [6.45, 7) is 3.64. The molecule has 0 radical (unpaired) electrons. The predicted molar refractivity (Wildman–Crippen MR) is 235 cm³/mol. The molecular formula is C43H37Cl2N7O10S. The van der Waals surface area contributed by atoms with E-state index in [1.165, 1.54) is 54.3 Å². The van der Waals surface area contributed by atoms with Crippen LogP contribution in [0.1, 0.15) is 36.8 Å². The summed E-state index contributed by atoms with van der Waals surface area (Å²) in [6, 6.07) is 12.2. The van der Waals surface area contributed by atoms with E-state index in [-0.39, 0.29) is 46.6 Å². The number of amides is 4. The number of thiophene rings is 1. The van der Waals surface area contributed by atoms with Gasteiger partial charge in [0.25, 0.3) is 0 Å². The normalized spacial score (nSPS) is 24.1. The van der Waals surface area contributed by atoms with Gasteiger partial charge in [0, 0.05) is 55.0 Å². The SMILES string of the molecule is COc1cc(C2C3=CCC4C(=O)N(c5cc([N+](=O)[O-])c(N(C)C)c([N+](=O)[O-])c5)C(=O)C4C3CC3C(=O)N(c4cc(-c5sc6ccc(Cl)cc6c5C)nn4C)C(=O)C32C)cc(Cl)c1O. The van der Waals surface area contributed by atoms with Crippen molar-refractivity contribution in [3.8, 4) is 22.1 Å². The second-order valence-electron chi connectivity index (χ2n) is 16.7. The van der Waals surface area contributed by atoms with Gasteiger partial charge in [0.2, 0.25) is 23.6 Å². The molecule has 6 unspecified atom stereocenters. The van der Waals surface area contributed by atoms with Crippen LogP contribution in [0, 0.1) is 56.2 Å². The van der Waals surface area contributed by atoms with E-state index in [9.17, 15) is 34.9 Å². The minimum absolute atomic E-state index is 0.00149. The number of imide groups is 2. The molecule has 63 heavy (non-hydrogen) atoms. The lowest BCUT2D eigenvalue weighted by atomic mass is 9.51. The molecule has 1 N–H and O–H groups in total. The van der Waals surface area contributed by atoms with Crippen LogP contribution >= 0.6 is 34.5 Å². The van der Waals surface area contributed by atoms with Crippen LogP contribution in [0.4, 0.5) is 28.6 Å². The van der Waals surface area contributed by atoms with Gasteiger partial charge in [-0.3, -0.25) is 44.1 Å². The molecule has 20 heteroatoms. The van der Waals surface area contributed by atoms with Crippen molar-refractivity contribution in [1.29, 1.82) is 0 Å². The smallest absolute Gasteiger partial charge is 0.301 e. The molecule has 9 rings (SSSR count). The Kier molecular flexibility index (Phi) is 9.72. The number of hydrogen-bond donors (Lipinski definition) is 1. The van der Waals surface area contributed by atoms with Crippen molar-refractivity contribution in [3.05, 3.63) is 102 Å². The van der Waals surface area contributed by atoms with Crippen LogP contribution in [0.2, 0.25) is 10.0 Å². The van der Waals surface area contributed by atoms with Crippen molar-refractivity contribution in [2.75, 3.05) is 35.9 Å². The molecule has 2 aromatic heterocycles. The zero-order chi connectivity index (χ0) is 45.3. The van der Waals surface area contributed by atoms with Gasteiger partial charge in [-0.15, -0.1) is 11.3 Å². The number of methoxy groups -OCH3 is 1. The standard InChI is InChI=1S/C43H37Cl2N7O10S/c1-18-24-13-20(44)7-10-32(24)63-38(18)28-17-33(48(5)46-28)50-40(55)26-16-25-22(35(43(26,2)42(50)57)19-11-27(45)37(53)31(12-19)62-6)8-9-23-34(25)41(56)49(39(23)54)21-14-29(51(58)59)36(47(3)4)30(15-21)52(60)61/h7-8,10-15,17,23,25-26,34-35,53H,9,16H2,1-6H3. The van der Waals surface area contributed by atoms with Crippen LogP contribution in [0.5, 0.6) is 11.5 Å². The van der Waals surface area contributed by atoms with E-state index >= 15 is 9.59 Å². The number of hydrogen-bond acceptors (Lipinski definition) is 13. The van der Waals surface area contributed by atoms with E-state index in [1.54, 1.807) is 32.2 Å². The molecule has 0 spiro atoms. The number of allylic oxidation sites excluding steroid dienone is 2. The molecule has 3 fully saturated rings. The summed E-state index contributed by atoms with van der Waals surface area (Å²) in [5.41, 5.74) is -1.07. The summed E-state index contributed by atoms with van der Waals surface area (Å²) in [5, 5.41) is 41.5. The molecule has 3 aromatic carbocycles. The number of aromatic hydroxyl groups is 1. The number of ether oxygens (including phenoxy) is 1. The van der Waals surface area contributed by atoms with Gasteiger partial charge in [0.05, 0.1) is 55.7 Å². The van der Waals surface area contributed by atoms with Gasteiger partial charge >= 0.3 is 11.4 Å². The van der Waals surface area contributed by atoms with Gasteiger partial charge < -0.3 is 14.7 Å². The number of rotatable bonds is 8. The molecule has 0 bridgehead atoms. The average Bonchev–Trinajstić information content (AvgIpc) is 3.91. The molecule has 2 aliphatic carbocycles. The highest BCUT2D eigenvalue weighted by atomic mass is 35.5. The third kappa shape index (κ3) is 5.98. The molecule has 4 aliphatic rings. The summed E-state index contributed by atoms with van der Waals surface area (Å²) in [4.78, 5) is 86.3. The molecule has 324 valence electrons. The maximum atomic E-state index is 15.3. The van der Waals surface area contributed by atoms with Crippen LogP contribution in [-0.2, 0) is 26.2 Å². The van der Waals surface area contributed by atoms with Crippen LogP contribution in [0.3, 0.4) is 0 Å². The van der Waals surface area contributed by atoms with Crippen molar-refractivity contribution in [1.82, 2.24) is 9.78 Å². The monoisotopic (exact) mass is 913 g/mol. The van der Waals surface area contributed by atoms with Crippen molar-refractivity contribution in [3.63, 3.8) is 0 Å². The number of carbonyl (C=O) groups is 4. The summed E-state index contributed by atoms with van der Waals surface area (Å²) in [6.07, 6.45) is 1.76. The van der Waals surface area contributed by atoms with Crippen LogP contribution < -0.4 is 19.4 Å². The number of aromatic nitrogens is 2. The average molecular weight is 915 g/mol. The number of carbonyl (C=O) groups excluding carboxylic acids is 4. The first kappa shape index (κ1) is 42.0. The van der Waals surface area contributed by atoms with E-state index in [0.29, 0.717) is 21.9 Å². The van der Waals surface area contributed by atoms with Crippen molar-refractivity contribution in [2.45, 2.75) is 32.6 Å².